The quantitative estimate of drug-likeness (QED) is 0.905. The highest BCUT2D eigenvalue weighted by atomic mass is 16.5. The van der Waals surface area contributed by atoms with Crippen molar-refractivity contribution >= 4 is 0 Å². The molecule has 0 radical (unpaired) electrons. The summed E-state index contributed by atoms with van der Waals surface area (Å²) < 4.78 is 5.73. The van der Waals surface area contributed by atoms with Crippen LogP contribution in [0.15, 0.2) is 42.5 Å². The fraction of sp³-hybridized carbons (Fsp3) is 0.333. The highest BCUT2D eigenvalue weighted by molar-refractivity contribution is 5.40. The molecule has 0 saturated heterocycles. The molecule has 0 heterocycles. The van der Waals surface area contributed by atoms with Gasteiger partial charge < -0.3 is 10.5 Å². The summed E-state index contributed by atoms with van der Waals surface area (Å²) in [5, 5.41) is 0. The van der Waals surface area contributed by atoms with Crippen LogP contribution in [-0.2, 0) is 0 Å². The minimum absolute atomic E-state index is 0.119. The fourth-order valence-corrected chi connectivity index (χ4v) is 2.41. The highest BCUT2D eigenvalue weighted by Crippen LogP contribution is 2.26. The number of aryl methyl sites for hydroxylation is 2. The molecule has 0 aliphatic heterocycles. The average molecular weight is 269 g/mol. The largest absolute Gasteiger partial charge is 0.491 e. The van der Waals surface area contributed by atoms with Crippen LogP contribution >= 0.6 is 0 Å². The Labute approximate surface area is 121 Å². The average Bonchev–Trinajstić information content (AvgIpc) is 2.37. The Morgan fingerprint density at radius 2 is 1.75 bits per heavy atom. The summed E-state index contributed by atoms with van der Waals surface area (Å²) in [6.07, 6.45) is 0.169. The van der Waals surface area contributed by atoms with Gasteiger partial charge in [0.25, 0.3) is 0 Å². The smallest absolute Gasteiger partial charge is 0.120 e. The van der Waals surface area contributed by atoms with Gasteiger partial charge in [0, 0.05) is 0 Å². The molecule has 2 aromatic rings. The van der Waals surface area contributed by atoms with Gasteiger partial charge in [-0.2, -0.15) is 0 Å². The van der Waals surface area contributed by atoms with Crippen LogP contribution in [0.4, 0.5) is 0 Å². The lowest BCUT2D eigenvalue weighted by molar-refractivity contribution is 0.242. The van der Waals surface area contributed by atoms with Crippen molar-refractivity contribution in [2.75, 3.05) is 0 Å². The van der Waals surface area contributed by atoms with Crippen molar-refractivity contribution < 1.29 is 4.74 Å². The topological polar surface area (TPSA) is 35.2 Å². The first-order valence-corrected chi connectivity index (χ1v) is 7.06. The van der Waals surface area contributed by atoms with Gasteiger partial charge in [0.05, 0.1) is 12.1 Å². The molecule has 106 valence electrons. The van der Waals surface area contributed by atoms with Gasteiger partial charge in [0.15, 0.2) is 0 Å². The van der Waals surface area contributed by atoms with E-state index < -0.39 is 0 Å². The first-order chi connectivity index (χ1) is 9.47. The van der Waals surface area contributed by atoms with Gasteiger partial charge in [0.2, 0.25) is 0 Å². The third kappa shape index (κ3) is 3.40. The third-order valence-electron chi connectivity index (χ3n) is 3.35. The molecule has 0 fully saturated rings. The number of rotatable bonds is 4. The molecule has 2 nitrogen and oxygen atoms in total. The molecule has 1 unspecified atom stereocenters. The lowest BCUT2D eigenvalue weighted by Gasteiger charge is -2.17. The maximum atomic E-state index is 6.41. The second-order valence-corrected chi connectivity index (χ2v) is 5.58. The van der Waals surface area contributed by atoms with Gasteiger partial charge in [-0.05, 0) is 56.5 Å². The molecule has 0 aromatic heterocycles. The van der Waals surface area contributed by atoms with Crippen molar-refractivity contribution in [2.45, 2.75) is 39.8 Å². The molecule has 1 atom stereocenters. The molecule has 0 saturated carbocycles. The number of benzene rings is 2. The number of ether oxygens (including phenoxy) is 1. The summed E-state index contributed by atoms with van der Waals surface area (Å²) in [4.78, 5) is 0. The summed E-state index contributed by atoms with van der Waals surface area (Å²) in [6, 6.07) is 14.3. The van der Waals surface area contributed by atoms with Crippen LogP contribution in [-0.4, -0.2) is 6.10 Å². The monoisotopic (exact) mass is 269 g/mol. The summed E-state index contributed by atoms with van der Waals surface area (Å²) in [6.45, 7) is 8.25. The van der Waals surface area contributed by atoms with Crippen LogP contribution < -0.4 is 10.5 Å². The van der Waals surface area contributed by atoms with Crippen LogP contribution in [0.2, 0.25) is 0 Å². The Balaban J connectivity index is 2.30. The van der Waals surface area contributed by atoms with Crippen molar-refractivity contribution in [3.05, 3.63) is 64.7 Å². The predicted molar refractivity (Wildman–Crippen MR) is 84.2 cm³/mol. The Morgan fingerprint density at radius 3 is 2.40 bits per heavy atom. The predicted octanol–water partition coefficient (Wildman–Crippen LogP) is 4.14. The molecular formula is C18H23NO. The van der Waals surface area contributed by atoms with Crippen LogP contribution in [0.25, 0.3) is 0 Å². The van der Waals surface area contributed by atoms with Gasteiger partial charge in [-0.15, -0.1) is 0 Å². The normalized spacial score (nSPS) is 12.5. The SMILES string of the molecule is Cc1ccc(C(N)c2cccc(OC(C)C)c2)c(C)c1. The Bertz CT molecular complexity index is 590. The van der Waals surface area contributed by atoms with Gasteiger partial charge in [-0.1, -0.05) is 35.9 Å². The standard InChI is InChI=1S/C18H23NO/c1-12(2)20-16-7-5-6-15(11-16)18(19)17-9-8-13(3)10-14(17)4/h5-12,18H,19H2,1-4H3. The molecule has 2 N–H and O–H groups in total. The van der Waals surface area contributed by atoms with Crippen LogP contribution in [0, 0.1) is 13.8 Å². The van der Waals surface area contributed by atoms with E-state index in [-0.39, 0.29) is 12.1 Å². The lowest BCUT2D eigenvalue weighted by Crippen LogP contribution is -2.14. The molecule has 0 bridgehead atoms. The number of hydrogen-bond donors (Lipinski definition) is 1. The second kappa shape index (κ2) is 6.10. The minimum Gasteiger partial charge on any atom is -0.491 e. The summed E-state index contributed by atoms with van der Waals surface area (Å²) in [7, 11) is 0. The van der Waals surface area contributed by atoms with E-state index in [2.05, 4.69) is 38.1 Å². The minimum atomic E-state index is -0.119. The molecule has 2 rings (SSSR count). The first kappa shape index (κ1) is 14.6. The first-order valence-electron chi connectivity index (χ1n) is 7.06. The van der Waals surface area contributed by atoms with Crippen molar-refractivity contribution in [3.63, 3.8) is 0 Å². The van der Waals surface area contributed by atoms with Crippen LogP contribution in [0.5, 0.6) is 5.75 Å². The highest BCUT2D eigenvalue weighted by Gasteiger charge is 2.12. The third-order valence-corrected chi connectivity index (χ3v) is 3.35. The van der Waals surface area contributed by atoms with Crippen molar-refractivity contribution in [2.24, 2.45) is 5.73 Å². The van der Waals surface area contributed by atoms with Crippen molar-refractivity contribution in [1.82, 2.24) is 0 Å². The molecule has 0 aliphatic carbocycles. The van der Waals surface area contributed by atoms with Gasteiger partial charge >= 0.3 is 0 Å². The summed E-state index contributed by atoms with van der Waals surface area (Å²) >= 11 is 0. The number of hydrogen-bond acceptors (Lipinski definition) is 2. The molecule has 0 amide bonds. The van der Waals surface area contributed by atoms with Crippen LogP contribution in [0.3, 0.4) is 0 Å². The molecular weight excluding hydrogens is 246 g/mol. The summed E-state index contributed by atoms with van der Waals surface area (Å²) in [5.74, 6) is 0.873. The van der Waals surface area contributed by atoms with E-state index in [1.165, 1.54) is 11.1 Å². The Morgan fingerprint density at radius 1 is 1.00 bits per heavy atom. The van der Waals surface area contributed by atoms with E-state index in [4.69, 9.17) is 10.5 Å². The van der Waals surface area contributed by atoms with E-state index in [9.17, 15) is 0 Å². The van der Waals surface area contributed by atoms with Crippen LogP contribution in [0.1, 0.15) is 42.1 Å². The zero-order valence-corrected chi connectivity index (χ0v) is 12.7. The van der Waals surface area contributed by atoms with Gasteiger partial charge in [0.1, 0.15) is 5.75 Å². The van der Waals surface area contributed by atoms with E-state index >= 15 is 0 Å². The maximum absolute atomic E-state index is 6.41. The van der Waals surface area contributed by atoms with E-state index in [0.717, 1.165) is 16.9 Å². The van der Waals surface area contributed by atoms with Crippen molar-refractivity contribution in [1.29, 1.82) is 0 Å². The Hall–Kier alpha value is -1.80. The zero-order chi connectivity index (χ0) is 14.7. The van der Waals surface area contributed by atoms with Gasteiger partial charge in [-0.3, -0.25) is 0 Å². The van der Waals surface area contributed by atoms with E-state index in [1.54, 1.807) is 0 Å². The fourth-order valence-electron chi connectivity index (χ4n) is 2.41. The van der Waals surface area contributed by atoms with E-state index in [1.807, 2.05) is 32.0 Å². The lowest BCUT2D eigenvalue weighted by atomic mass is 9.94. The molecule has 20 heavy (non-hydrogen) atoms. The second-order valence-electron chi connectivity index (χ2n) is 5.58. The molecule has 2 aromatic carbocycles. The van der Waals surface area contributed by atoms with Crippen molar-refractivity contribution in [3.8, 4) is 5.75 Å². The maximum Gasteiger partial charge on any atom is 0.120 e. The summed E-state index contributed by atoms with van der Waals surface area (Å²) in [5.41, 5.74) is 11.1. The molecule has 0 aliphatic rings. The molecule has 2 heteroatoms. The Kier molecular flexibility index (Phi) is 4.46. The zero-order valence-electron chi connectivity index (χ0n) is 12.7. The number of nitrogens with two attached hydrogens (primary N) is 1. The van der Waals surface area contributed by atoms with E-state index in [0.29, 0.717) is 0 Å². The molecule has 0 spiro atoms. The van der Waals surface area contributed by atoms with Gasteiger partial charge in [-0.25, -0.2) is 0 Å².